The number of anilines is 2. The van der Waals surface area contributed by atoms with Crippen LogP contribution < -0.4 is 15.0 Å². The monoisotopic (exact) mass is 503 g/mol. The lowest BCUT2D eigenvalue weighted by Crippen LogP contribution is -2.36. The Balaban J connectivity index is 1.21. The van der Waals surface area contributed by atoms with Gasteiger partial charge in [-0.15, -0.1) is 0 Å². The Morgan fingerprint density at radius 2 is 1.78 bits per heavy atom. The number of pyridine rings is 1. The molecule has 2 aliphatic rings. The SMILES string of the molecule is OC(c1ccc(N[C@H]2CC[C@@H](Oc3cc(N4CCOCC4)cc4nccnc34)CC2)nc1)C(F)(F)F. The average molecular weight is 504 g/mol. The molecule has 8 nitrogen and oxygen atoms in total. The summed E-state index contributed by atoms with van der Waals surface area (Å²) in [4.78, 5) is 15.3. The molecule has 0 amide bonds. The molecule has 1 aliphatic carbocycles. The summed E-state index contributed by atoms with van der Waals surface area (Å²) in [5.74, 6) is 1.20. The van der Waals surface area contributed by atoms with Gasteiger partial charge in [-0.2, -0.15) is 13.2 Å². The van der Waals surface area contributed by atoms with Crippen LogP contribution in [0.25, 0.3) is 11.0 Å². The van der Waals surface area contributed by atoms with Crippen molar-refractivity contribution in [3.05, 3.63) is 48.4 Å². The van der Waals surface area contributed by atoms with E-state index in [1.807, 2.05) is 12.1 Å². The lowest BCUT2D eigenvalue weighted by Gasteiger charge is -2.31. The van der Waals surface area contributed by atoms with E-state index in [0.29, 0.717) is 19.0 Å². The molecule has 1 saturated heterocycles. The smallest absolute Gasteiger partial charge is 0.418 e. The molecule has 1 saturated carbocycles. The first kappa shape index (κ1) is 24.5. The van der Waals surface area contributed by atoms with E-state index in [9.17, 15) is 18.3 Å². The van der Waals surface area contributed by atoms with E-state index >= 15 is 0 Å². The van der Waals surface area contributed by atoms with Gasteiger partial charge in [0.15, 0.2) is 6.10 Å². The fourth-order valence-electron chi connectivity index (χ4n) is 4.68. The Morgan fingerprint density at radius 1 is 1.03 bits per heavy atom. The van der Waals surface area contributed by atoms with Gasteiger partial charge in [0, 0.05) is 55.0 Å². The van der Waals surface area contributed by atoms with Crippen molar-refractivity contribution in [1.29, 1.82) is 0 Å². The van der Waals surface area contributed by atoms with E-state index in [1.165, 1.54) is 12.1 Å². The summed E-state index contributed by atoms with van der Waals surface area (Å²) < 4.78 is 50.0. The van der Waals surface area contributed by atoms with Gasteiger partial charge < -0.3 is 24.8 Å². The number of alkyl halides is 3. The lowest BCUT2D eigenvalue weighted by atomic mass is 9.93. The van der Waals surface area contributed by atoms with Gasteiger partial charge in [0.2, 0.25) is 0 Å². The number of nitrogens with one attached hydrogen (secondary N) is 1. The van der Waals surface area contributed by atoms with Gasteiger partial charge in [0.05, 0.1) is 24.8 Å². The van der Waals surface area contributed by atoms with Gasteiger partial charge in [-0.3, -0.25) is 4.98 Å². The number of aliphatic hydroxyl groups is 1. The third kappa shape index (κ3) is 5.62. The fraction of sp³-hybridized carbons (Fsp3) is 0.480. The molecule has 0 spiro atoms. The van der Waals surface area contributed by atoms with Gasteiger partial charge in [-0.1, -0.05) is 6.07 Å². The molecule has 3 aromatic rings. The molecular formula is C25H28F3N5O3. The molecule has 2 N–H and O–H groups in total. The summed E-state index contributed by atoms with van der Waals surface area (Å²) in [6, 6.07) is 6.91. The van der Waals surface area contributed by atoms with Crippen molar-refractivity contribution in [2.24, 2.45) is 0 Å². The summed E-state index contributed by atoms with van der Waals surface area (Å²) in [5, 5.41) is 12.6. The summed E-state index contributed by atoms with van der Waals surface area (Å²) >= 11 is 0. The van der Waals surface area contributed by atoms with E-state index in [1.54, 1.807) is 12.4 Å². The van der Waals surface area contributed by atoms with Crippen molar-refractivity contribution < 1.29 is 27.8 Å². The maximum Gasteiger partial charge on any atom is 0.418 e. The second kappa shape index (κ2) is 10.4. The van der Waals surface area contributed by atoms with Gasteiger partial charge in [0.25, 0.3) is 0 Å². The van der Waals surface area contributed by atoms with Crippen molar-refractivity contribution in [1.82, 2.24) is 15.0 Å². The molecule has 1 aromatic carbocycles. The quantitative estimate of drug-likeness (QED) is 0.516. The zero-order valence-corrected chi connectivity index (χ0v) is 19.6. The highest BCUT2D eigenvalue weighted by Gasteiger charge is 2.39. The zero-order chi connectivity index (χ0) is 25.1. The van der Waals surface area contributed by atoms with E-state index in [2.05, 4.69) is 25.2 Å². The highest BCUT2D eigenvalue weighted by molar-refractivity contribution is 5.85. The lowest BCUT2D eigenvalue weighted by molar-refractivity contribution is -0.206. The Labute approximate surface area is 206 Å². The van der Waals surface area contributed by atoms with E-state index in [4.69, 9.17) is 9.47 Å². The number of rotatable bonds is 6. The van der Waals surface area contributed by atoms with Crippen LogP contribution >= 0.6 is 0 Å². The Bertz CT molecular complexity index is 1160. The molecule has 5 rings (SSSR count). The third-order valence-electron chi connectivity index (χ3n) is 6.63. The van der Waals surface area contributed by atoms with Crippen LogP contribution in [0.2, 0.25) is 0 Å². The largest absolute Gasteiger partial charge is 0.488 e. The zero-order valence-electron chi connectivity index (χ0n) is 19.6. The van der Waals surface area contributed by atoms with Gasteiger partial charge in [-0.05, 0) is 37.8 Å². The van der Waals surface area contributed by atoms with Crippen molar-refractivity contribution in [2.45, 2.75) is 50.1 Å². The molecule has 2 fully saturated rings. The molecule has 1 atom stereocenters. The van der Waals surface area contributed by atoms with Crippen LogP contribution in [0.3, 0.4) is 0 Å². The summed E-state index contributed by atoms with van der Waals surface area (Å²) in [5.41, 5.74) is 2.29. The Kier molecular flexibility index (Phi) is 7.10. The first-order chi connectivity index (χ1) is 17.4. The van der Waals surface area contributed by atoms with Crippen LogP contribution in [-0.2, 0) is 4.74 Å². The number of aliphatic hydroxyl groups excluding tert-OH is 1. The molecule has 36 heavy (non-hydrogen) atoms. The predicted molar refractivity (Wildman–Crippen MR) is 128 cm³/mol. The number of aromatic nitrogens is 3. The number of hydrogen-bond donors (Lipinski definition) is 2. The van der Waals surface area contributed by atoms with Crippen molar-refractivity contribution in [2.75, 3.05) is 36.5 Å². The van der Waals surface area contributed by atoms with E-state index in [-0.39, 0.29) is 17.7 Å². The number of ether oxygens (including phenoxy) is 2. The van der Waals surface area contributed by atoms with Crippen molar-refractivity contribution >= 4 is 22.5 Å². The highest BCUT2D eigenvalue weighted by atomic mass is 19.4. The van der Waals surface area contributed by atoms with Crippen molar-refractivity contribution in [3.63, 3.8) is 0 Å². The molecule has 3 heterocycles. The predicted octanol–water partition coefficient (Wildman–Crippen LogP) is 4.26. The van der Waals surface area contributed by atoms with Crippen LogP contribution in [0.15, 0.2) is 42.9 Å². The normalized spacial score (nSPS) is 21.8. The van der Waals surface area contributed by atoms with Crippen LogP contribution in [-0.4, -0.2) is 64.7 Å². The molecular weight excluding hydrogens is 475 g/mol. The second-order valence-corrected chi connectivity index (χ2v) is 9.12. The van der Waals surface area contributed by atoms with E-state index in [0.717, 1.165) is 67.4 Å². The topological polar surface area (TPSA) is 92.6 Å². The molecule has 0 radical (unpaired) electrons. The van der Waals surface area contributed by atoms with Crippen molar-refractivity contribution in [3.8, 4) is 5.75 Å². The minimum absolute atomic E-state index is 0.0189. The second-order valence-electron chi connectivity index (χ2n) is 9.12. The minimum Gasteiger partial charge on any atom is -0.488 e. The number of fused-ring (bicyclic) bond motifs is 1. The Hall–Kier alpha value is -3.18. The van der Waals surface area contributed by atoms with E-state index < -0.39 is 12.3 Å². The summed E-state index contributed by atoms with van der Waals surface area (Å²) in [7, 11) is 0. The number of nitrogens with zero attached hydrogens (tertiary/aromatic N) is 4. The van der Waals surface area contributed by atoms with Crippen LogP contribution in [0.1, 0.15) is 37.4 Å². The molecule has 0 bridgehead atoms. The average Bonchev–Trinajstić information content (AvgIpc) is 2.90. The first-order valence-electron chi connectivity index (χ1n) is 12.1. The Morgan fingerprint density at radius 3 is 2.47 bits per heavy atom. The van der Waals surface area contributed by atoms with Crippen LogP contribution in [0.5, 0.6) is 5.75 Å². The summed E-state index contributed by atoms with van der Waals surface area (Å²) in [6.45, 7) is 3.00. The fourth-order valence-corrected chi connectivity index (χ4v) is 4.68. The summed E-state index contributed by atoms with van der Waals surface area (Å²) in [6.07, 6.45) is 0.444. The van der Waals surface area contributed by atoms with Crippen LogP contribution in [0, 0.1) is 0 Å². The maximum atomic E-state index is 12.7. The van der Waals surface area contributed by atoms with Gasteiger partial charge in [0.1, 0.15) is 17.1 Å². The molecule has 1 aliphatic heterocycles. The first-order valence-corrected chi connectivity index (χ1v) is 12.1. The standard InChI is InChI=1S/C25H28F3N5O3/c26-25(27,28)24(34)16-1-6-22(31-15-16)32-17-2-4-19(5-3-17)36-21-14-18(33-9-11-35-12-10-33)13-20-23(21)30-8-7-29-20/h1,6-8,13-15,17,19,24,34H,2-5,9-12H2,(H,31,32)/t17-,19+,24?. The number of halogens is 3. The third-order valence-corrected chi connectivity index (χ3v) is 6.63. The number of hydrogen-bond acceptors (Lipinski definition) is 8. The molecule has 11 heteroatoms. The van der Waals surface area contributed by atoms with Crippen LogP contribution in [0.4, 0.5) is 24.7 Å². The maximum absolute atomic E-state index is 12.7. The number of benzene rings is 1. The molecule has 192 valence electrons. The highest BCUT2D eigenvalue weighted by Crippen LogP contribution is 2.34. The van der Waals surface area contributed by atoms with Gasteiger partial charge >= 0.3 is 6.18 Å². The minimum atomic E-state index is -4.71. The molecule has 1 unspecified atom stereocenters. The van der Waals surface area contributed by atoms with Gasteiger partial charge in [-0.25, -0.2) is 9.97 Å². The molecule has 2 aromatic heterocycles. The number of morpholine rings is 1.